The Balaban J connectivity index is 1.32. The third kappa shape index (κ3) is 5.63. The maximum Gasteiger partial charge on any atom is 0.252 e. The van der Waals surface area contributed by atoms with E-state index in [4.69, 9.17) is 0 Å². The van der Waals surface area contributed by atoms with Crippen molar-refractivity contribution >= 4 is 57.2 Å². The molecule has 0 fully saturated rings. The summed E-state index contributed by atoms with van der Waals surface area (Å²) in [6.07, 6.45) is 0. The van der Waals surface area contributed by atoms with E-state index >= 15 is 0 Å². The first-order valence-corrected chi connectivity index (χ1v) is 22.0. The van der Waals surface area contributed by atoms with Gasteiger partial charge in [0.05, 0.1) is 11.4 Å². The number of para-hydroxylation sites is 2. The van der Waals surface area contributed by atoms with Crippen molar-refractivity contribution in [3.8, 4) is 33.4 Å². The smallest absolute Gasteiger partial charge is 0.252 e. The lowest BCUT2D eigenvalue weighted by Gasteiger charge is -2.46. The molecule has 0 radical (unpaired) electrons. The van der Waals surface area contributed by atoms with Crippen LogP contribution in [0, 0.1) is 0 Å². The van der Waals surface area contributed by atoms with Gasteiger partial charge in [0.2, 0.25) is 0 Å². The molecule has 0 aromatic heterocycles. The van der Waals surface area contributed by atoms with E-state index in [0.717, 1.165) is 0 Å². The van der Waals surface area contributed by atoms with Crippen molar-refractivity contribution in [2.75, 3.05) is 9.80 Å². The van der Waals surface area contributed by atoms with Gasteiger partial charge in [-0.25, -0.2) is 0 Å². The molecule has 0 N–H and O–H groups in total. The van der Waals surface area contributed by atoms with Crippen molar-refractivity contribution in [2.24, 2.45) is 0 Å². The fourth-order valence-electron chi connectivity index (χ4n) is 10.7. The van der Waals surface area contributed by atoms with E-state index in [-0.39, 0.29) is 17.5 Å². The van der Waals surface area contributed by atoms with Crippen molar-refractivity contribution in [3.63, 3.8) is 0 Å². The summed E-state index contributed by atoms with van der Waals surface area (Å²) in [6.45, 7) is 16.5. The molecular weight excluding hydrogens is 735 g/mol. The first-order chi connectivity index (χ1) is 29.5. The van der Waals surface area contributed by atoms with Crippen molar-refractivity contribution in [3.05, 3.63) is 198 Å². The fraction of sp³-hybridized carbons (Fsp3) is 0.172. The van der Waals surface area contributed by atoms with Crippen molar-refractivity contribution < 1.29 is 0 Å². The quantitative estimate of drug-likeness (QED) is 0.160. The van der Waals surface area contributed by atoms with Crippen molar-refractivity contribution in [1.29, 1.82) is 0 Å². The molecule has 0 atom stereocenters. The lowest BCUT2D eigenvalue weighted by Crippen LogP contribution is -2.62. The van der Waals surface area contributed by atoms with Crippen LogP contribution in [0.3, 0.4) is 0 Å². The Morgan fingerprint density at radius 1 is 0.459 bits per heavy atom. The largest absolute Gasteiger partial charge is 0.311 e. The van der Waals surface area contributed by atoms with Gasteiger partial charge in [0.1, 0.15) is 0 Å². The minimum absolute atomic E-state index is 0.0117. The van der Waals surface area contributed by atoms with Crippen LogP contribution >= 0.6 is 0 Å². The maximum atomic E-state index is 2.63. The average Bonchev–Trinajstić information content (AvgIpc) is 3.52. The van der Waals surface area contributed by atoms with Gasteiger partial charge in [-0.05, 0) is 109 Å². The van der Waals surface area contributed by atoms with E-state index in [0.29, 0.717) is 5.92 Å². The van der Waals surface area contributed by atoms with Crippen LogP contribution in [0.25, 0.3) is 33.4 Å². The minimum Gasteiger partial charge on any atom is -0.311 e. The number of hydrogen-bond acceptors (Lipinski definition) is 2. The molecular formula is C58H51BN2. The summed E-state index contributed by atoms with van der Waals surface area (Å²) in [5, 5.41) is 0. The van der Waals surface area contributed by atoms with Gasteiger partial charge in [0.15, 0.2) is 0 Å². The standard InChI is InChI=1S/C58H51BN2/c1-37(2)40-34-52-55-53(35-40)61(49-29-19-16-25-43(49)39-22-12-9-13-23-39)51-36-41(57(3,4)5)30-32-47(51)59(55)56-50(33-31-46-54(56)44-26-14-17-27-45(44)58(46,6)7)60(52)48-28-18-15-24-42(48)38-20-10-8-11-21-38/h8-37H,1-7H3. The minimum atomic E-state index is -0.146. The Morgan fingerprint density at radius 3 is 1.56 bits per heavy atom. The van der Waals surface area contributed by atoms with Crippen LogP contribution in [0.4, 0.5) is 34.1 Å². The summed E-state index contributed by atoms with van der Waals surface area (Å²) >= 11 is 0. The second kappa shape index (κ2) is 13.7. The zero-order valence-corrected chi connectivity index (χ0v) is 36.3. The molecule has 11 rings (SSSR count). The summed E-state index contributed by atoms with van der Waals surface area (Å²) in [4.78, 5) is 5.25. The van der Waals surface area contributed by atoms with Crippen LogP contribution < -0.4 is 26.2 Å². The number of anilines is 6. The summed E-state index contributed by atoms with van der Waals surface area (Å²) in [6, 6.07) is 66.4. The lowest BCUT2D eigenvalue weighted by molar-refractivity contribution is 0.590. The highest BCUT2D eigenvalue weighted by molar-refractivity contribution is 7.01. The van der Waals surface area contributed by atoms with Gasteiger partial charge in [-0.15, -0.1) is 0 Å². The summed E-state index contributed by atoms with van der Waals surface area (Å²) in [5.41, 5.74) is 24.3. The molecule has 1 aliphatic carbocycles. The molecule has 8 aromatic rings. The van der Waals surface area contributed by atoms with Gasteiger partial charge in [-0.2, -0.15) is 0 Å². The van der Waals surface area contributed by atoms with E-state index in [9.17, 15) is 0 Å². The molecule has 3 aliphatic rings. The Labute approximate surface area is 362 Å². The van der Waals surface area contributed by atoms with Gasteiger partial charge in [0.25, 0.3) is 6.71 Å². The predicted octanol–water partition coefficient (Wildman–Crippen LogP) is 13.8. The number of fused-ring (bicyclic) bond motifs is 8. The normalized spacial score (nSPS) is 14.3. The number of benzene rings is 8. The zero-order valence-electron chi connectivity index (χ0n) is 36.3. The molecule has 2 aliphatic heterocycles. The maximum absolute atomic E-state index is 2.63. The van der Waals surface area contributed by atoms with Crippen LogP contribution in [0.15, 0.2) is 176 Å². The predicted molar refractivity (Wildman–Crippen MR) is 262 cm³/mol. The molecule has 0 spiro atoms. The Kier molecular flexibility index (Phi) is 8.42. The third-order valence-corrected chi connectivity index (χ3v) is 13.8. The second-order valence-corrected chi connectivity index (χ2v) is 19.1. The summed E-state index contributed by atoms with van der Waals surface area (Å²) in [7, 11) is 0. The lowest BCUT2D eigenvalue weighted by atomic mass is 9.32. The Hall–Kier alpha value is -6.58. The molecule has 0 unspecified atom stereocenters. The van der Waals surface area contributed by atoms with E-state index in [1.165, 1.54) is 106 Å². The van der Waals surface area contributed by atoms with Crippen LogP contribution in [-0.4, -0.2) is 6.71 Å². The molecule has 296 valence electrons. The zero-order chi connectivity index (χ0) is 41.8. The highest BCUT2D eigenvalue weighted by Gasteiger charge is 2.48. The number of hydrogen-bond donors (Lipinski definition) is 0. The molecule has 61 heavy (non-hydrogen) atoms. The molecule has 0 saturated heterocycles. The van der Waals surface area contributed by atoms with Crippen LogP contribution in [0.1, 0.15) is 76.6 Å². The van der Waals surface area contributed by atoms with Crippen molar-refractivity contribution in [2.45, 2.75) is 65.2 Å². The molecule has 3 heteroatoms. The van der Waals surface area contributed by atoms with E-state index in [1.807, 2.05) is 0 Å². The monoisotopic (exact) mass is 786 g/mol. The van der Waals surface area contributed by atoms with Gasteiger partial charge in [-0.3, -0.25) is 0 Å². The van der Waals surface area contributed by atoms with Crippen molar-refractivity contribution in [1.82, 2.24) is 0 Å². The number of rotatable bonds is 5. The van der Waals surface area contributed by atoms with E-state index in [1.54, 1.807) is 0 Å². The van der Waals surface area contributed by atoms with E-state index < -0.39 is 0 Å². The van der Waals surface area contributed by atoms with Gasteiger partial charge < -0.3 is 9.80 Å². The van der Waals surface area contributed by atoms with E-state index in [2.05, 4.69) is 234 Å². The van der Waals surface area contributed by atoms with Crippen LogP contribution in [-0.2, 0) is 10.8 Å². The molecule has 2 heterocycles. The van der Waals surface area contributed by atoms with Gasteiger partial charge >= 0.3 is 0 Å². The third-order valence-electron chi connectivity index (χ3n) is 13.8. The highest BCUT2D eigenvalue weighted by Crippen LogP contribution is 2.54. The first kappa shape index (κ1) is 37.4. The summed E-state index contributed by atoms with van der Waals surface area (Å²) < 4.78 is 0. The van der Waals surface area contributed by atoms with Crippen LogP contribution in [0.5, 0.6) is 0 Å². The fourth-order valence-corrected chi connectivity index (χ4v) is 10.7. The molecule has 8 aromatic carbocycles. The summed E-state index contributed by atoms with van der Waals surface area (Å²) in [5.74, 6) is 0.300. The first-order valence-electron chi connectivity index (χ1n) is 22.0. The van der Waals surface area contributed by atoms with Crippen LogP contribution in [0.2, 0.25) is 0 Å². The molecule has 0 saturated carbocycles. The highest BCUT2D eigenvalue weighted by atomic mass is 15.2. The Morgan fingerprint density at radius 2 is 0.984 bits per heavy atom. The topological polar surface area (TPSA) is 6.48 Å². The molecule has 0 amide bonds. The van der Waals surface area contributed by atoms with Gasteiger partial charge in [0, 0.05) is 39.3 Å². The second-order valence-electron chi connectivity index (χ2n) is 19.1. The van der Waals surface area contributed by atoms with Gasteiger partial charge in [-0.1, -0.05) is 188 Å². The Bertz CT molecular complexity index is 3030. The molecule has 0 bridgehead atoms. The number of nitrogens with zero attached hydrogens (tertiary/aromatic N) is 2. The SMILES string of the molecule is CC(C)c1cc2c3c(c1)N(c1ccccc1-c1ccccc1)c1ccc4c(c1B3c1ccc(C(C)(C)C)cc1N2c1ccccc1-c1ccccc1)-c1ccccc1C4(C)C. The average molecular weight is 787 g/mol. The molecule has 2 nitrogen and oxygen atoms in total.